The van der Waals surface area contributed by atoms with Crippen LogP contribution in [0, 0.1) is 0 Å². The van der Waals surface area contributed by atoms with E-state index in [4.69, 9.17) is 0 Å². The zero-order chi connectivity index (χ0) is 8.72. The molecule has 2 heterocycles. The Hall–Kier alpha value is -1.31. The summed E-state index contributed by atoms with van der Waals surface area (Å²) >= 11 is 0. The van der Waals surface area contributed by atoms with Crippen molar-refractivity contribution in [3.63, 3.8) is 0 Å². The first-order valence-electron chi connectivity index (χ1n) is 4.07. The molecule has 62 valence electrons. The third-order valence-corrected chi connectivity index (χ3v) is 2.23. The Labute approximate surface area is 71.5 Å². The zero-order valence-corrected chi connectivity index (χ0v) is 7.29. The molecule has 0 aliphatic carbocycles. The van der Waals surface area contributed by atoms with E-state index in [1.165, 1.54) is 5.57 Å². The fraction of sp³-hybridized carbons (Fsp3) is 0.300. The van der Waals surface area contributed by atoms with Crippen molar-refractivity contribution >= 4 is 11.5 Å². The number of aromatic nitrogens is 1. The third kappa shape index (κ3) is 0.843. The van der Waals surface area contributed by atoms with E-state index in [2.05, 4.69) is 0 Å². The van der Waals surface area contributed by atoms with Crippen molar-refractivity contribution in [2.24, 2.45) is 0 Å². The van der Waals surface area contributed by atoms with Gasteiger partial charge in [0.05, 0.1) is 12.1 Å². The molecule has 0 radical (unpaired) electrons. The Morgan fingerprint density at radius 1 is 1.50 bits per heavy atom. The van der Waals surface area contributed by atoms with E-state index in [9.17, 15) is 4.79 Å². The van der Waals surface area contributed by atoms with Gasteiger partial charge in [-0.25, -0.2) is 0 Å². The average Bonchev–Trinajstić information content (AvgIpc) is 2.53. The molecule has 0 spiro atoms. The second kappa shape index (κ2) is 2.34. The van der Waals surface area contributed by atoms with E-state index in [1.807, 2.05) is 36.7 Å². The van der Waals surface area contributed by atoms with Crippen LogP contribution in [-0.4, -0.2) is 10.4 Å². The second-order valence-electron chi connectivity index (χ2n) is 3.31. The Kier molecular flexibility index (Phi) is 1.43. The highest BCUT2D eigenvalue weighted by atomic mass is 16.1. The molecule has 0 saturated heterocycles. The van der Waals surface area contributed by atoms with Crippen LogP contribution < -0.4 is 0 Å². The van der Waals surface area contributed by atoms with Gasteiger partial charge in [-0.15, -0.1) is 0 Å². The highest BCUT2D eigenvalue weighted by Crippen LogP contribution is 2.27. The van der Waals surface area contributed by atoms with Gasteiger partial charge in [-0.05, 0) is 26.0 Å². The molecule has 0 amide bonds. The van der Waals surface area contributed by atoms with Crippen LogP contribution >= 0.6 is 0 Å². The molecule has 0 aromatic carbocycles. The topological polar surface area (TPSA) is 22.0 Å². The fourth-order valence-electron chi connectivity index (χ4n) is 1.59. The van der Waals surface area contributed by atoms with Crippen LogP contribution in [-0.2, 0) is 0 Å². The van der Waals surface area contributed by atoms with Crippen molar-refractivity contribution in [3.05, 3.63) is 29.6 Å². The maximum Gasteiger partial charge on any atom is 0.185 e. The highest BCUT2D eigenvalue weighted by molar-refractivity contribution is 6.04. The predicted molar refractivity (Wildman–Crippen MR) is 47.9 cm³/mol. The summed E-state index contributed by atoms with van der Waals surface area (Å²) in [5.41, 5.74) is 3.18. The first-order valence-corrected chi connectivity index (χ1v) is 4.07. The Bertz CT molecular complexity index is 367. The van der Waals surface area contributed by atoms with E-state index in [0.29, 0.717) is 6.42 Å². The summed E-state index contributed by atoms with van der Waals surface area (Å²) in [6, 6.07) is 3.79. The van der Waals surface area contributed by atoms with Crippen molar-refractivity contribution in [2.75, 3.05) is 0 Å². The molecule has 0 fully saturated rings. The van der Waals surface area contributed by atoms with Gasteiger partial charge >= 0.3 is 0 Å². The molecule has 0 N–H and O–H groups in total. The molecule has 12 heavy (non-hydrogen) atoms. The summed E-state index contributed by atoms with van der Waals surface area (Å²) in [6.07, 6.45) is 2.51. The van der Waals surface area contributed by atoms with E-state index >= 15 is 0 Å². The summed E-state index contributed by atoms with van der Waals surface area (Å²) in [4.78, 5) is 11.4. The lowest BCUT2D eigenvalue weighted by molar-refractivity contribution is 0.100. The number of carbonyl (C=O) groups excluding carboxylic acids is 1. The molecular weight excluding hydrogens is 150 g/mol. The van der Waals surface area contributed by atoms with Gasteiger partial charge in [0.15, 0.2) is 5.78 Å². The van der Waals surface area contributed by atoms with Crippen LogP contribution in [0.1, 0.15) is 30.8 Å². The normalized spacial score (nSPS) is 15.2. The van der Waals surface area contributed by atoms with Crippen molar-refractivity contribution in [3.8, 4) is 0 Å². The minimum absolute atomic E-state index is 0.233. The number of ketones is 1. The summed E-state index contributed by atoms with van der Waals surface area (Å²) in [5.74, 6) is 0.233. The Balaban J connectivity index is 2.64. The summed E-state index contributed by atoms with van der Waals surface area (Å²) in [5, 5.41) is 0. The van der Waals surface area contributed by atoms with Gasteiger partial charge in [-0.1, -0.05) is 5.57 Å². The SMILES string of the molecule is CC(C)=C1CC(=O)c2cccn21. The van der Waals surface area contributed by atoms with Crippen molar-refractivity contribution in [1.29, 1.82) is 0 Å². The standard InChI is InChI=1S/C10H11NO/c1-7(2)9-6-10(12)8-4-3-5-11(8)9/h3-5H,6H2,1-2H3. The number of hydrogen-bond acceptors (Lipinski definition) is 1. The lowest BCUT2D eigenvalue weighted by atomic mass is 10.2. The van der Waals surface area contributed by atoms with E-state index < -0.39 is 0 Å². The van der Waals surface area contributed by atoms with Crippen LogP contribution in [0.5, 0.6) is 0 Å². The summed E-state index contributed by atoms with van der Waals surface area (Å²) in [6.45, 7) is 4.08. The zero-order valence-electron chi connectivity index (χ0n) is 7.29. The first-order chi connectivity index (χ1) is 5.70. The second-order valence-corrected chi connectivity index (χ2v) is 3.31. The largest absolute Gasteiger partial charge is 0.317 e. The lowest BCUT2D eigenvalue weighted by Crippen LogP contribution is -1.90. The molecule has 0 atom stereocenters. The number of Topliss-reactive ketones (excluding diaryl/α,β-unsaturated/α-hetero) is 1. The molecular formula is C10H11NO. The van der Waals surface area contributed by atoms with E-state index in [-0.39, 0.29) is 5.78 Å². The molecule has 1 aromatic heterocycles. The van der Waals surface area contributed by atoms with Gasteiger partial charge in [0.1, 0.15) is 0 Å². The predicted octanol–water partition coefficient (Wildman–Crippen LogP) is 2.33. The Morgan fingerprint density at radius 3 is 2.92 bits per heavy atom. The number of allylic oxidation sites excluding steroid dienone is 2. The third-order valence-electron chi connectivity index (χ3n) is 2.23. The maximum absolute atomic E-state index is 11.4. The quantitative estimate of drug-likeness (QED) is 0.572. The minimum atomic E-state index is 0.233. The Morgan fingerprint density at radius 2 is 2.25 bits per heavy atom. The first kappa shape index (κ1) is 7.35. The van der Waals surface area contributed by atoms with Gasteiger partial charge in [0.25, 0.3) is 0 Å². The molecule has 1 aromatic rings. The van der Waals surface area contributed by atoms with Crippen molar-refractivity contribution in [1.82, 2.24) is 4.57 Å². The number of fused-ring (bicyclic) bond motifs is 1. The lowest BCUT2D eigenvalue weighted by Gasteiger charge is -2.02. The fourth-order valence-corrected chi connectivity index (χ4v) is 1.59. The van der Waals surface area contributed by atoms with Gasteiger partial charge in [-0.2, -0.15) is 0 Å². The van der Waals surface area contributed by atoms with Crippen LogP contribution in [0.25, 0.3) is 5.70 Å². The molecule has 2 nitrogen and oxygen atoms in total. The smallest absolute Gasteiger partial charge is 0.185 e. The van der Waals surface area contributed by atoms with Crippen molar-refractivity contribution in [2.45, 2.75) is 20.3 Å². The molecule has 1 aliphatic heterocycles. The van der Waals surface area contributed by atoms with Gasteiger partial charge in [0.2, 0.25) is 0 Å². The van der Waals surface area contributed by atoms with Gasteiger partial charge < -0.3 is 4.57 Å². The molecule has 1 aliphatic rings. The molecule has 0 bridgehead atoms. The number of hydrogen-bond donors (Lipinski definition) is 0. The van der Waals surface area contributed by atoms with E-state index in [1.54, 1.807) is 0 Å². The minimum Gasteiger partial charge on any atom is -0.317 e. The average molecular weight is 161 g/mol. The van der Waals surface area contributed by atoms with Gasteiger partial charge in [-0.3, -0.25) is 4.79 Å². The van der Waals surface area contributed by atoms with Crippen LogP contribution in [0.4, 0.5) is 0 Å². The maximum atomic E-state index is 11.4. The van der Waals surface area contributed by atoms with Crippen LogP contribution in [0.15, 0.2) is 23.9 Å². The number of nitrogens with zero attached hydrogens (tertiary/aromatic N) is 1. The molecule has 2 heteroatoms. The van der Waals surface area contributed by atoms with Crippen LogP contribution in [0.2, 0.25) is 0 Å². The van der Waals surface area contributed by atoms with E-state index in [0.717, 1.165) is 11.4 Å². The van der Waals surface area contributed by atoms with Gasteiger partial charge in [0, 0.05) is 11.9 Å². The molecule has 0 unspecified atom stereocenters. The monoisotopic (exact) mass is 161 g/mol. The molecule has 0 saturated carbocycles. The summed E-state index contributed by atoms with van der Waals surface area (Å²) < 4.78 is 1.98. The highest BCUT2D eigenvalue weighted by Gasteiger charge is 2.23. The van der Waals surface area contributed by atoms with Crippen molar-refractivity contribution < 1.29 is 4.79 Å². The number of carbonyl (C=O) groups is 1. The summed E-state index contributed by atoms with van der Waals surface area (Å²) in [7, 11) is 0. The van der Waals surface area contributed by atoms with Crippen LogP contribution in [0.3, 0.4) is 0 Å². The number of rotatable bonds is 0. The molecule has 2 rings (SSSR count).